The molecule has 2 fully saturated rings. The van der Waals surface area contributed by atoms with Gasteiger partial charge in [0.05, 0.1) is 12.3 Å². The second kappa shape index (κ2) is 10.1. The molecule has 4 aromatic heterocycles. The first-order chi connectivity index (χ1) is 20.8. The lowest BCUT2D eigenvalue weighted by Gasteiger charge is -2.27. The summed E-state index contributed by atoms with van der Waals surface area (Å²) in [6.45, 7) is 1.85. The summed E-state index contributed by atoms with van der Waals surface area (Å²) in [5.74, 6) is 0.278. The van der Waals surface area contributed by atoms with Crippen LogP contribution >= 0.6 is 20.4 Å². The summed E-state index contributed by atoms with van der Waals surface area (Å²) in [6, 6.07) is 16.4. The Morgan fingerprint density at radius 2 is 1.95 bits per heavy atom. The fourth-order valence-corrected chi connectivity index (χ4v) is 7.26. The molecule has 0 saturated carbocycles. The minimum absolute atomic E-state index is 0.0238. The van der Waals surface area contributed by atoms with E-state index < -0.39 is 44.3 Å². The summed E-state index contributed by atoms with van der Waals surface area (Å²) in [5, 5.41) is 12.4. The molecule has 2 saturated heterocycles. The summed E-state index contributed by atoms with van der Waals surface area (Å²) < 4.78 is 25.3. The van der Waals surface area contributed by atoms with Gasteiger partial charge >= 0.3 is 14.2 Å². The smallest absolute Gasteiger partial charge is 0.336 e. The zero-order valence-corrected chi connectivity index (χ0v) is 24.0. The van der Waals surface area contributed by atoms with Gasteiger partial charge in [-0.2, -0.15) is 4.98 Å². The third kappa shape index (κ3) is 4.42. The van der Waals surface area contributed by atoms with Gasteiger partial charge < -0.3 is 33.2 Å². The molecule has 2 unspecified atom stereocenters. The number of hydrogen-bond donors (Lipinski definition) is 3. The van der Waals surface area contributed by atoms with Crippen molar-refractivity contribution in [3.05, 3.63) is 87.1 Å². The molecule has 15 heteroatoms. The summed E-state index contributed by atoms with van der Waals surface area (Å²) in [7, 11) is -2.16. The zero-order valence-electron chi connectivity index (χ0n) is 22.3. The van der Waals surface area contributed by atoms with Gasteiger partial charge in [-0.1, -0.05) is 42.1 Å². The highest BCUT2D eigenvalue weighted by Gasteiger charge is 2.50. The van der Waals surface area contributed by atoms with Crippen LogP contribution in [0.5, 0.6) is 0 Å². The Morgan fingerprint density at radius 1 is 1.12 bits per heavy atom. The van der Waals surface area contributed by atoms with E-state index in [2.05, 4.69) is 9.97 Å². The molecular formula is C28H22N5O8PS. The third-order valence-electron chi connectivity index (χ3n) is 7.56. The summed E-state index contributed by atoms with van der Waals surface area (Å²) >= 11 is 1.19. The topological polar surface area (TPSA) is 166 Å². The van der Waals surface area contributed by atoms with Crippen molar-refractivity contribution in [2.24, 2.45) is 0 Å². The van der Waals surface area contributed by atoms with Gasteiger partial charge in [-0.25, -0.2) is 14.2 Å². The Morgan fingerprint density at radius 3 is 2.79 bits per heavy atom. The minimum Gasteiger partial charge on any atom is -0.423 e. The van der Waals surface area contributed by atoms with Crippen LogP contribution in [0.2, 0.25) is 0 Å². The van der Waals surface area contributed by atoms with E-state index in [9.17, 15) is 19.6 Å². The Bertz CT molecular complexity index is 2160. The molecule has 0 spiro atoms. The van der Waals surface area contributed by atoms with Crippen molar-refractivity contribution in [2.45, 2.75) is 41.5 Å². The number of fused-ring (bicyclic) bond motifs is 4. The Hall–Kier alpha value is -3.88. The number of rotatable bonds is 4. The van der Waals surface area contributed by atoms with Crippen LogP contribution in [0.1, 0.15) is 11.8 Å². The van der Waals surface area contributed by atoms with Crippen LogP contribution in [0.4, 0.5) is 0 Å². The van der Waals surface area contributed by atoms with Gasteiger partial charge in [0.1, 0.15) is 23.9 Å². The number of aliphatic hydroxyl groups is 1. The van der Waals surface area contributed by atoms with Gasteiger partial charge in [0.2, 0.25) is 5.78 Å². The van der Waals surface area contributed by atoms with Gasteiger partial charge in [-0.3, -0.25) is 9.36 Å². The second-order valence-corrected chi connectivity index (χ2v) is 12.2. The van der Waals surface area contributed by atoms with E-state index >= 15 is 0 Å². The molecule has 0 amide bonds. The van der Waals surface area contributed by atoms with E-state index in [-0.39, 0.29) is 23.5 Å². The largest absolute Gasteiger partial charge is 0.423 e. The number of imidazole rings is 2. The van der Waals surface area contributed by atoms with Crippen LogP contribution in [-0.4, -0.2) is 58.8 Å². The van der Waals surface area contributed by atoms with Gasteiger partial charge in [0.15, 0.2) is 22.5 Å². The first-order valence-electron chi connectivity index (χ1n) is 13.3. The maximum atomic E-state index is 13.8. The van der Waals surface area contributed by atoms with Gasteiger partial charge in [0.25, 0.3) is 5.56 Å². The second-order valence-electron chi connectivity index (χ2n) is 10.2. The van der Waals surface area contributed by atoms with Crippen LogP contribution < -0.4 is 11.2 Å². The number of benzene rings is 2. The SMILES string of the molecule is Cc1cc(=O)oc2cc(Sc3nc4c(=O)n5cc(-c6ccccc6)[nH]c5nc4n3[C@@H]3OC4COP(O)O[C@H]4[C@@H]3O)ccc12. The maximum Gasteiger partial charge on any atom is 0.336 e. The number of H-pyrrole nitrogens is 1. The van der Waals surface area contributed by atoms with Crippen molar-refractivity contribution in [3.8, 4) is 11.3 Å². The Kier molecular flexibility index (Phi) is 6.28. The fraction of sp³-hybridized carbons (Fsp3) is 0.214. The number of aryl methyl sites for hydroxylation is 1. The first-order valence-corrected chi connectivity index (χ1v) is 15.2. The lowest BCUT2D eigenvalue weighted by atomic mass is 10.1. The monoisotopic (exact) mass is 619 g/mol. The average Bonchev–Trinajstić information content (AvgIpc) is 3.67. The molecule has 2 aliphatic rings. The molecule has 2 aromatic carbocycles. The van der Waals surface area contributed by atoms with E-state index in [1.807, 2.05) is 49.4 Å². The van der Waals surface area contributed by atoms with Crippen molar-refractivity contribution in [3.63, 3.8) is 0 Å². The number of ether oxygens (including phenoxy) is 1. The molecule has 6 aromatic rings. The van der Waals surface area contributed by atoms with Gasteiger partial charge in [-0.05, 0) is 36.2 Å². The molecule has 8 rings (SSSR count). The highest BCUT2D eigenvalue weighted by Crippen LogP contribution is 2.47. The molecule has 0 radical (unpaired) electrons. The zero-order chi connectivity index (χ0) is 29.4. The molecular weight excluding hydrogens is 597 g/mol. The molecule has 5 atom stereocenters. The molecule has 2 aliphatic heterocycles. The maximum absolute atomic E-state index is 13.8. The number of aromatic amines is 1. The average molecular weight is 620 g/mol. The summed E-state index contributed by atoms with van der Waals surface area (Å²) in [6.07, 6.45) is -2.15. The van der Waals surface area contributed by atoms with E-state index in [1.165, 1.54) is 22.2 Å². The van der Waals surface area contributed by atoms with Crippen molar-refractivity contribution >= 4 is 48.3 Å². The predicted molar refractivity (Wildman–Crippen MR) is 156 cm³/mol. The molecule has 0 aliphatic carbocycles. The van der Waals surface area contributed by atoms with Crippen molar-refractivity contribution in [2.75, 3.05) is 6.61 Å². The highest BCUT2D eigenvalue weighted by atomic mass is 32.2. The standard InChI is InChI=1S/C28H22N5O8PS/c1-13-9-20(34)39-18-10-15(7-8-16(13)18)43-28-30-21-24(33(28)26-22(35)23-19(40-26)12-38-42(37)41-23)31-27-29-17(11-32(27)25(21)36)14-5-3-2-4-6-14/h2-11,19,22-23,26,35,37H,12H2,1H3,(H,29,31)/t19?,22-,23+,26+,42?/m0/s1. The highest BCUT2D eigenvalue weighted by molar-refractivity contribution is 7.99. The number of aromatic nitrogens is 5. The van der Waals surface area contributed by atoms with Crippen LogP contribution in [0.15, 0.2) is 84.9 Å². The quantitative estimate of drug-likeness (QED) is 0.195. The van der Waals surface area contributed by atoms with Crippen molar-refractivity contribution in [1.29, 1.82) is 0 Å². The normalized spacial score (nSPS) is 23.8. The van der Waals surface area contributed by atoms with E-state index in [0.29, 0.717) is 21.3 Å². The van der Waals surface area contributed by atoms with Crippen LogP contribution in [0.25, 0.3) is 39.2 Å². The molecule has 6 heterocycles. The van der Waals surface area contributed by atoms with E-state index in [0.717, 1.165) is 16.5 Å². The number of nitrogens with zero attached hydrogens (tertiary/aromatic N) is 4. The number of aliphatic hydroxyl groups excluding tert-OH is 1. The minimum atomic E-state index is -2.16. The fourth-order valence-electron chi connectivity index (χ4n) is 5.52. The molecule has 3 N–H and O–H groups in total. The molecule has 0 bridgehead atoms. The summed E-state index contributed by atoms with van der Waals surface area (Å²) in [5.41, 5.74) is 2.13. The Labute approximate surface area is 246 Å². The van der Waals surface area contributed by atoms with Crippen LogP contribution in [0, 0.1) is 6.92 Å². The Balaban J connectivity index is 1.30. The van der Waals surface area contributed by atoms with E-state index in [4.69, 9.17) is 23.2 Å². The van der Waals surface area contributed by atoms with Crippen molar-refractivity contribution in [1.82, 2.24) is 23.9 Å². The van der Waals surface area contributed by atoms with E-state index in [1.54, 1.807) is 16.8 Å². The van der Waals surface area contributed by atoms with Crippen molar-refractivity contribution < 1.29 is 28.2 Å². The predicted octanol–water partition coefficient (Wildman–Crippen LogP) is 3.50. The number of nitrogens with one attached hydrogen (secondary N) is 1. The van der Waals surface area contributed by atoms with Gasteiger partial charge in [-0.15, -0.1) is 0 Å². The van der Waals surface area contributed by atoms with Gasteiger partial charge in [0, 0.05) is 22.5 Å². The lowest BCUT2D eigenvalue weighted by molar-refractivity contribution is -0.0614. The van der Waals surface area contributed by atoms with Crippen LogP contribution in [-0.2, 0) is 13.8 Å². The van der Waals surface area contributed by atoms with Crippen LogP contribution in [0.3, 0.4) is 0 Å². The third-order valence-corrected chi connectivity index (χ3v) is 9.32. The lowest BCUT2D eigenvalue weighted by Crippen LogP contribution is -2.38. The molecule has 43 heavy (non-hydrogen) atoms. The summed E-state index contributed by atoms with van der Waals surface area (Å²) in [4.78, 5) is 49.0. The molecule has 218 valence electrons. The first kappa shape index (κ1) is 26.7. The number of hydrogen-bond acceptors (Lipinski definition) is 11. The molecule has 13 nitrogen and oxygen atoms in total.